The number of aryl methyl sites for hydroxylation is 2. The minimum Gasteiger partial charge on any atom is -0.383 e. The molecule has 2 heterocycles. The molecule has 0 saturated carbocycles. The monoisotopic (exact) mass is 363 g/mol. The summed E-state index contributed by atoms with van der Waals surface area (Å²) in [5.41, 5.74) is 2.59. The molecule has 2 rings (SSSR count). The summed E-state index contributed by atoms with van der Waals surface area (Å²) in [6.45, 7) is 9.82. The maximum atomic E-state index is 10.6. The van der Waals surface area contributed by atoms with Gasteiger partial charge in [-0.1, -0.05) is 6.07 Å². The fraction of sp³-hybridized carbons (Fsp3) is 0.556. The largest absolute Gasteiger partial charge is 0.383 e. The highest BCUT2D eigenvalue weighted by Crippen LogP contribution is 2.25. The molecule has 3 N–H and O–H groups in total. The molecule has 0 aliphatic rings. The van der Waals surface area contributed by atoms with Gasteiger partial charge in [0.25, 0.3) is 0 Å². The lowest BCUT2D eigenvalue weighted by molar-refractivity contribution is 0.0711. The van der Waals surface area contributed by atoms with Crippen LogP contribution in [0.4, 0.5) is 0 Å². The molecule has 0 aliphatic heterocycles. The summed E-state index contributed by atoms with van der Waals surface area (Å²) in [5.74, 6) is 0.721. The molecule has 0 bridgehead atoms. The molecule has 25 heavy (non-hydrogen) atoms. The number of aromatic nitrogens is 2. The molecule has 0 fully saturated rings. The summed E-state index contributed by atoms with van der Waals surface area (Å²) in [6.07, 6.45) is 0.886. The highest BCUT2D eigenvalue weighted by Gasteiger charge is 2.24. The predicted molar refractivity (Wildman–Crippen MR) is 104 cm³/mol. The third kappa shape index (κ3) is 5.06. The molecule has 0 radical (unpaired) electrons. The minimum absolute atomic E-state index is 0.313. The number of hydrogen-bond donors (Lipinski definition) is 3. The molecule has 0 aromatic carbocycles. The fourth-order valence-corrected chi connectivity index (χ4v) is 3.50. The van der Waals surface area contributed by atoms with E-state index >= 15 is 0 Å². The van der Waals surface area contributed by atoms with Gasteiger partial charge in [-0.05, 0) is 51.1 Å². The van der Waals surface area contributed by atoms with Gasteiger partial charge in [-0.2, -0.15) is 5.10 Å². The number of rotatable bonds is 7. The molecule has 7 heteroatoms. The molecule has 6 nitrogen and oxygen atoms in total. The van der Waals surface area contributed by atoms with Gasteiger partial charge in [-0.3, -0.25) is 4.68 Å². The normalized spacial score (nSPS) is 14.4. The molecule has 0 saturated heterocycles. The molecule has 138 valence electrons. The van der Waals surface area contributed by atoms with E-state index in [9.17, 15) is 5.11 Å². The van der Waals surface area contributed by atoms with Crippen LogP contribution in [0.2, 0.25) is 0 Å². The van der Waals surface area contributed by atoms with Crippen LogP contribution in [-0.4, -0.2) is 40.5 Å². The summed E-state index contributed by atoms with van der Waals surface area (Å²) in [6, 6.07) is 3.88. The van der Waals surface area contributed by atoms with Crippen molar-refractivity contribution in [2.24, 2.45) is 12.0 Å². The lowest BCUT2D eigenvalue weighted by Crippen LogP contribution is -2.39. The molecular weight excluding hydrogens is 334 g/mol. The Morgan fingerprint density at radius 1 is 1.40 bits per heavy atom. The van der Waals surface area contributed by atoms with Gasteiger partial charge >= 0.3 is 0 Å². The van der Waals surface area contributed by atoms with Crippen molar-refractivity contribution in [2.75, 3.05) is 19.6 Å². The Morgan fingerprint density at radius 2 is 2.16 bits per heavy atom. The van der Waals surface area contributed by atoms with Crippen LogP contribution >= 0.6 is 11.3 Å². The van der Waals surface area contributed by atoms with Crippen molar-refractivity contribution in [3.63, 3.8) is 0 Å². The maximum Gasteiger partial charge on any atom is 0.191 e. The van der Waals surface area contributed by atoms with E-state index in [1.807, 2.05) is 43.1 Å². The number of aliphatic imine (C=N–C) groups is 1. The molecule has 1 atom stereocenters. The van der Waals surface area contributed by atoms with Crippen molar-refractivity contribution < 1.29 is 5.11 Å². The number of nitrogens with one attached hydrogen (secondary N) is 2. The lowest BCUT2D eigenvalue weighted by Gasteiger charge is -2.20. The van der Waals surface area contributed by atoms with E-state index in [1.165, 1.54) is 11.3 Å². The summed E-state index contributed by atoms with van der Waals surface area (Å²) in [7, 11) is 1.97. The van der Waals surface area contributed by atoms with Crippen LogP contribution in [-0.2, 0) is 19.1 Å². The zero-order valence-corrected chi connectivity index (χ0v) is 16.6. The first-order valence-electron chi connectivity index (χ1n) is 8.62. The standard InChI is InChI=1S/C18H29N5OS/c1-6-19-17(21-12-18(4,24)16-8-7-11-25-16)20-10-9-15-13(2)22-23(5)14(15)3/h7-8,11,24H,6,9-10,12H2,1-5H3,(H2,19,20,21). The van der Waals surface area contributed by atoms with Crippen molar-refractivity contribution in [1.29, 1.82) is 0 Å². The highest BCUT2D eigenvalue weighted by molar-refractivity contribution is 7.10. The first-order chi connectivity index (χ1) is 11.8. The molecule has 0 aliphatic carbocycles. The Bertz CT molecular complexity index is 703. The van der Waals surface area contributed by atoms with Crippen LogP contribution in [0.15, 0.2) is 22.5 Å². The van der Waals surface area contributed by atoms with E-state index in [0.29, 0.717) is 6.54 Å². The van der Waals surface area contributed by atoms with Crippen molar-refractivity contribution in [3.05, 3.63) is 39.3 Å². The number of nitrogens with zero attached hydrogens (tertiary/aromatic N) is 3. The van der Waals surface area contributed by atoms with Crippen LogP contribution in [0.1, 0.15) is 35.7 Å². The third-order valence-electron chi connectivity index (χ3n) is 4.27. The number of hydrogen-bond acceptors (Lipinski definition) is 4. The Hall–Kier alpha value is -1.86. The Morgan fingerprint density at radius 3 is 2.72 bits per heavy atom. The molecule has 1 unspecified atom stereocenters. The van der Waals surface area contributed by atoms with Crippen molar-refractivity contribution in [2.45, 2.75) is 39.7 Å². The Labute approximate surface area is 154 Å². The molecule has 2 aromatic rings. The zero-order valence-electron chi connectivity index (χ0n) is 15.8. The zero-order chi connectivity index (χ0) is 18.4. The highest BCUT2D eigenvalue weighted by atomic mass is 32.1. The van der Waals surface area contributed by atoms with E-state index < -0.39 is 5.60 Å². The quantitative estimate of drug-likeness (QED) is 0.520. The van der Waals surface area contributed by atoms with Crippen LogP contribution in [0, 0.1) is 13.8 Å². The van der Waals surface area contributed by atoms with Gasteiger partial charge in [-0.25, -0.2) is 4.99 Å². The molecular formula is C18H29N5OS. The van der Waals surface area contributed by atoms with Crippen molar-refractivity contribution >= 4 is 17.3 Å². The second-order valence-corrected chi connectivity index (χ2v) is 7.34. The van der Waals surface area contributed by atoms with Crippen molar-refractivity contribution in [1.82, 2.24) is 20.4 Å². The average molecular weight is 364 g/mol. The summed E-state index contributed by atoms with van der Waals surface area (Å²) in [4.78, 5) is 5.48. The number of thiophene rings is 1. The molecule has 2 aromatic heterocycles. The number of aliphatic hydroxyl groups is 1. The summed E-state index contributed by atoms with van der Waals surface area (Å²) in [5, 5.41) is 23.6. The van der Waals surface area contributed by atoms with E-state index in [-0.39, 0.29) is 0 Å². The van der Waals surface area contributed by atoms with E-state index in [0.717, 1.165) is 36.0 Å². The van der Waals surface area contributed by atoms with Crippen molar-refractivity contribution in [3.8, 4) is 0 Å². The second-order valence-electron chi connectivity index (χ2n) is 6.40. The van der Waals surface area contributed by atoms with Crippen LogP contribution in [0.5, 0.6) is 0 Å². The van der Waals surface area contributed by atoms with Gasteiger partial charge in [-0.15, -0.1) is 11.3 Å². The Balaban J connectivity index is 1.96. The van der Waals surface area contributed by atoms with Gasteiger partial charge in [0.05, 0.1) is 12.2 Å². The topological polar surface area (TPSA) is 74.5 Å². The van der Waals surface area contributed by atoms with Crippen LogP contribution in [0.25, 0.3) is 0 Å². The van der Waals surface area contributed by atoms with E-state index in [4.69, 9.17) is 0 Å². The van der Waals surface area contributed by atoms with E-state index in [1.54, 1.807) is 18.3 Å². The van der Waals surface area contributed by atoms with Gasteiger partial charge in [0.15, 0.2) is 5.96 Å². The second kappa shape index (κ2) is 8.49. The lowest BCUT2D eigenvalue weighted by atomic mass is 10.1. The van der Waals surface area contributed by atoms with Gasteiger partial charge in [0, 0.05) is 30.7 Å². The third-order valence-corrected chi connectivity index (χ3v) is 5.39. The number of guanidine groups is 1. The van der Waals surface area contributed by atoms with Crippen LogP contribution in [0.3, 0.4) is 0 Å². The predicted octanol–water partition coefficient (Wildman–Crippen LogP) is 2.10. The summed E-state index contributed by atoms with van der Waals surface area (Å²) >= 11 is 1.55. The van der Waals surface area contributed by atoms with Gasteiger partial charge in [0.2, 0.25) is 0 Å². The summed E-state index contributed by atoms with van der Waals surface area (Å²) < 4.78 is 1.92. The molecule has 0 amide bonds. The SMILES string of the molecule is CCNC(=NCC(C)(O)c1cccs1)NCCc1c(C)nn(C)c1C. The smallest absolute Gasteiger partial charge is 0.191 e. The van der Waals surface area contributed by atoms with Gasteiger partial charge < -0.3 is 15.7 Å². The van der Waals surface area contributed by atoms with Crippen LogP contribution < -0.4 is 10.6 Å². The minimum atomic E-state index is -0.951. The van der Waals surface area contributed by atoms with E-state index in [2.05, 4.69) is 27.6 Å². The first kappa shape index (κ1) is 19.5. The fourth-order valence-electron chi connectivity index (χ4n) is 2.72. The Kier molecular flexibility index (Phi) is 6.61. The molecule has 0 spiro atoms. The van der Waals surface area contributed by atoms with Gasteiger partial charge in [0.1, 0.15) is 5.60 Å². The average Bonchev–Trinajstić information content (AvgIpc) is 3.17. The maximum absolute atomic E-state index is 10.6. The first-order valence-corrected chi connectivity index (χ1v) is 9.50.